The predicted molar refractivity (Wildman–Crippen MR) is 75.3 cm³/mol. The van der Waals surface area contributed by atoms with Crippen LogP contribution in [0.25, 0.3) is 0 Å². The Morgan fingerprint density at radius 2 is 1.80 bits per heavy atom. The minimum absolute atomic E-state index is 0.162. The van der Waals surface area contributed by atoms with Crippen LogP contribution in [0.4, 0.5) is 0 Å². The summed E-state index contributed by atoms with van der Waals surface area (Å²) in [6, 6.07) is 0. The summed E-state index contributed by atoms with van der Waals surface area (Å²) in [5.74, 6) is 0.162. The van der Waals surface area contributed by atoms with Crippen LogP contribution in [0.5, 0.6) is 0 Å². The van der Waals surface area contributed by atoms with Crippen molar-refractivity contribution in [3.05, 3.63) is 24.3 Å². The molecule has 20 heavy (non-hydrogen) atoms. The summed E-state index contributed by atoms with van der Waals surface area (Å²) < 4.78 is 28.4. The molecule has 0 spiro atoms. The first-order valence-corrected chi connectivity index (χ1v) is 8.59. The van der Waals surface area contributed by atoms with E-state index in [1.165, 1.54) is 0 Å². The molecule has 0 bridgehead atoms. The van der Waals surface area contributed by atoms with E-state index < -0.39 is 10.2 Å². The molecule has 0 N–H and O–H groups in total. The van der Waals surface area contributed by atoms with Crippen molar-refractivity contribution >= 4 is 10.2 Å². The zero-order valence-corrected chi connectivity index (χ0v) is 12.3. The van der Waals surface area contributed by atoms with Crippen LogP contribution in [0.15, 0.2) is 18.6 Å². The topological polar surface area (TPSA) is 66.4 Å². The van der Waals surface area contributed by atoms with Crippen LogP contribution >= 0.6 is 0 Å². The maximum absolute atomic E-state index is 12.6. The molecule has 2 saturated heterocycles. The van der Waals surface area contributed by atoms with Gasteiger partial charge in [-0.2, -0.15) is 17.0 Å². The number of hydrogen-bond acceptors (Lipinski definition) is 4. The molecule has 2 fully saturated rings. The maximum Gasteiger partial charge on any atom is 0.281 e. The lowest BCUT2D eigenvalue weighted by molar-refractivity contribution is 0.290. The Morgan fingerprint density at radius 3 is 2.50 bits per heavy atom. The molecule has 0 saturated carbocycles. The smallest absolute Gasteiger partial charge is 0.261 e. The SMILES string of the molecule is O=S(=O)(N1CCCC1)N1CCC[C@H](c2cnccn2)C1. The second-order valence-electron chi connectivity index (χ2n) is 5.44. The first-order valence-electron chi connectivity index (χ1n) is 7.19. The summed E-state index contributed by atoms with van der Waals surface area (Å²) in [6.45, 7) is 2.47. The fourth-order valence-electron chi connectivity index (χ4n) is 3.00. The number of nitrogens with zero attached hydrogens (tertiary/aromatic N) is 4. The van der Waals surface area contributed by atoms with Crippen molar-refractivity contribution in [1.82, 2.24) is 18.6 Å². The number of piperidine rings is 1. The minimum Gasteiger partial charge on any atom is -0.261 e. The van der Waals surface area contributed by atoms with Crippen LogP contribution in [-0.4, -0.2) is 53.2 Å². The number of hydrogen-bond donors (Lipinski definition) is 0. The molecule has 0 unspecified atom stereocenters. The highest BCUT2D eigenvalue weighted by Crippen LogP contribution is 2.28. The molecule has 3 heterocycles. The quantitative estimate of drug-likeness (QED) is 0.834. The van der Waals surface area contributed by atoms with E-state index in [-0.39, 0.29) is 5.92 Å². The van der Waals surface area contributed by atoms with Gasteiger partial charge in [-0.3, -0.25) is 9.97 Å². The first kappa shape index (κ1) is 13.9. The van der Waals surface area contributed by atoms with Gasteiger partial charge < -0.3 is 0 Å². The van der Waals surface area contributed by atoms with Crippen LogP contribution in [0, 0.1) is 0 Å². The van der Waals surface area contributed by atoms with Crippen LogP contribution in [-0.2, 0) is 10.2 Å². The third kappa shape index (κ3) is 2.70. The average molecular weight is 296 g/mol. The van der Waals surface area contributed by atoms with Crippen molar-refractivity contribution in [2.24, 2.45) is 0 Å². The molecule has 1 aromatic heterocycles. The lowest BCUT2D eigenvalue weighted by Gasteiger charge is -2.33. The molecule has 1 aromatic rings. The van der Waals surface area contributed by atoms with E-state index in [1.54, 1.807) is 27.2 Å². The molecule has 0 amide bonds. The van der Waals surface area contributed by atoms with Crippen LogP contribution in [0.3, 0.4) is 0 Å². The highest BCUT2D eigenvalue weighted by Gasteiger charge is 2.35. The second kappa shape index (κ2) is 5.75. The van der Waals surface area contributed by atoms with Crippen molar-refractivity contribution in [3.8, 4) is 0 Å². The normalized spacial score (nSPS) is 25.9. The third-order valence-electron chi connectivity index (χ3n) is 4.10. The van der Waals surface area contributed by atoms with E-state index in [1.807, 2.05) is 0 Å². The van der Waals surface area contributed by atoms with Gasteiger partial charge in [0.05, 0.1) is 5.69 Å². The molecular formula is C13H20N4O2S. The summed E-state index contributed by atoms with van der Waals surface area (Å²) in [5, 5.41) is 0. The fraction of sp³-hybridized carbons (Fsp3) is 0.692. The highest BCUT2D eigenvalue weighted by atomic mass is 32.2. The molecule has 2 aliphatic rings. The van der Waals surface area contributed by atoms with Crippen molar-refractivity contribution in [3.63, 3.8) is 0 Å². The van der Waals surface area contributed by atoms with Crippen LogP contribution < -0.4 is 0 Å². The van der Waals surface area contributed by atoms with E-state index in [0.717, 1.165) is 31.4 Å². The maximum atomic E-state index is 12.6. The Hall–Kier alpha value is -1.05. The Labute approximate surface area is 120 Å². The highest BCUT2D eigenvalue weighted by molar-refractivity contribution is 7.86. The van der Waals surface area contributed by atoms with E-state index in [9.17, 15) is 8.42 Å². The van der Waals surface area contributed by atoms with Crippen molar-refractivity contribution in [2.75, 3.05) is 26.2 Å². The Balaban J connectivity index is 1.75. The van der Waals surface area contributed by atoms with Crippen molar-refractivity contribution in [2.45, 2.75) is 31.6 Å². The Morgan fingerprint density at radius 1 is 1.05 bits per heavy atom. The van der Waals surface area contributed by atoms with Crippen molar-refractivity contribution in [1.29, 1.82) is 0 Å². The largest absolute Gasteiger partial charge is 0.281 e. The molecule has 3 rings (SSSR count). The Kier molecular flexibility index (Phi) is 4.00. The Bertz CT molecular complexity index is 543. The summed E-state index contributed by atoms with van der Waals surface area (Å²) in [6.07, 6.45) is 8.87. The standard InChI is InChI=1S/C13H20N4O2S/c18-20(19,16-7-1-2-8-16)17-9-3-4-12(11-17)13-10-14-5-6-15-13/h5-6,10,12H,1-4,7-9,11H2/t12-/m0/s1. The fourth-order valence-corrected chi connectivity index (χ4v) is 4.77. The van der Waals surface area contributed by atoms with Gasteiger partial charge in [-0.1, -0.05) is 0 Å². The van der Waals surface area contributed by atoms with Gasteiger partial charge in [0.1, 0.15) is 0 Å². The predicted octanol–water partition coefficient (Wildman–Crippen LogP) is 0.997. The molecule has 7 heteroatoms. The van der Waals surface area contributed by atoms with Gasteiger partial charge in [-0.05, 0) is 25.7 Å². The van der Waals surface area contributed by atoms with Gasteiger partial charge in [0, 0.05) is 50.7 Å². The summed E-state index contributed by atoms with van der Waals surface area (Å²) >= 11 is 0. The second-order valence-corrected chi connectivity index (χ2v) is 7.37. The molecular weight excluding hydrogens is 276 g/mol. The van der Waals surface area contributed by atoms with Gasteiger partial charge in [-0.15, -0.1) is 0 Å². The van der Waals surface area contributed by atoms with Gasteiger partial charge >= 0.3 is 0 Å². The van der Waals surface area contributed by atoms with Gasteiger partial charge in [-0.25, -0.2) is 0 Å². The molecule has 6 nitrogen and oxygen atoms in total. The molecule has 0 radical (unpaired) electrons. The number of rotatable bonds is 3. The van der Waals surface area contributed by atoms with E-state index in [4.69, 9.17) is 0 Å². The molecule has 2 aliphatic heterocycles. The van der Waals surface area contributed by atoms with E-state index in [0.29, 0.717) is 26.2 Å². The van der Waals surface area contributed by atoms with Gasteiger partial charge in [0.25, 0.3) is 10.2 Å². The summed E-state index contributed by atoms with van der Waals surface area (Å²) in [7, 11) is -3.28. The first-order chi connectivity index (χ1) is 9.68. The lowest BCUT2D eigenvalue weighted by atomic mass is 9.96. The lowest BCUT2D eigenvalue weighted by Crippen LogP contribution is -2.46. The molecule has 0 aliphatic carbocycles. The third-order valence-corrected chi connectivity index (χ3v) is 6.11. The zero-order valence-electron chi connectivity index (χ0n) is 11.5. The monoisotopic (exact) mass is 296 g/mol. The van der Waals surface area contributed by atoms with Gasteiger partial charge in [0.15, 0.2) is 0 Å². The van der Waals surface area contributed by atoms with Crippen molar-refractivity contribution < 1.29 is 8.42 Å². The van der Waals surface area contributed by atoms with E-state index >= 15 is 0 Å². The molecule has 1 atom stereocenters. The van der Waals surface area contributed by atoms with Crippen LogP contribution in [0.1, 0.15) is 37.3 Å². The van der Waals surface area contributed by atoms with Crippen LogP contribution in [0.2, 0.25) is 0 Å². The molecule has 110 valence electrons. The minimum atomic E-state index is -3.28. The van der Waals surface area contributed by atoms with E-state index in [2.05, 4.69) is 9.97 Å². The molecule has 0 aromatic carbocycles. The summed E-state index contributed by atoms with van der Waals surface area (Å²) in [4.78, 5) is 8.40. The van der Waals surface area contributed by atoms with Gasteiger partial charge in [0.2, 0.25) is 0 Å². The zero-order chi connectivity index (χ0) is 14.0. The summed E-state index contributed by atoms with van der Waals surface area (Å²) in [5.41, 5.74) is 0.897. The number of aromatic nitrogens is 2. The average Bonchev–Trinajstić information content (AvgIpc) is 3.03.